The third kappa shape index (κ3) is 4.93. The zero-order chi connectivity index (χ0) is 7.11. The van der Waals surface area contributed by atoms with E-state index in [9.17, 15) is 0 Å². The Bertz CT molecular complexity index is 99.1. The molecule has 0 unspecified atom stereocenters. The average Bonchev–Trinajstić information content (AvgIpc) is 1.85. The van der Waals surface area contributed by atoms with Crippen LogP contribution >= 0.6 is 0 Å². The van der Waals surface area contributed by atoms with E-state index in [-0.39, 0.29) is 0 Å². The molecule has 4 heteroatoms. The van der Waals surface area contributed by atoms with Crippen LogP contribution in [0, 0.1) is 5.53 Å². The standard InChI is InChI=1S/C5H12N4/c1-3-4-9(2)5-7-8-6/h5-6H,3-4H2,1-2H3/b7-5-,8-6?. The van der Waals surface area contributed by atoms with Crippen LogP contribution in [0.1, 0.15) is 13.3 Å². The van der Waals surface area contributed by atoms with Crippen molar-refractivity contribution >= 4 is 6.34 Å². The van der Waals surface area contributed by atoms with Crippen LogP contribution in [0.15, 0.2) is 10.3 Å². The maximum atomic E-state index is 6.33. The molecular weight excluding hydrogens is 116 g/mol. The molecule has 0 aromatic rings. The Morgan fingerprint density at radius 3 is 2.78 bits per heavy atom. The minimum absolute atomic E-state index is 0.957. The van der Waals surface area contributed by atoms with Crippen LogP contribution in [-0.2, 0) is 0 Å². The fourth-order valence-corrected chi connectivity index (χ4v) is 0.524. The van der Waals surface area contributed by atoms with Crippen molar-refractivity contribution in [2.75, 3.05) is 13.6 Å². The average molecular weight is 128 g/mol. The van der Waals surface area contributed by atoms with Crippen LogP contribution in [0.4, 0.5) is 0 Å². The van der Waals surface area contributed by atoms with E-state index >= 15 is 0 Å². The second-order valence-electron chi connectivity index (χ2n) is 1.81. The Morgan fingerprint density at radius 2 is 2.33 bits per heavy atom. The molecule has 0 bridgehead atoms. The molecule has 0 radical (unpaired) electrons. The first-order valence-corrected chi connectivity index (χ1v) is 2.91. The second kappa shape index (κ2) is 5.21. The van der Waals surface area contributed by atoms with E-state index < -0.39 is 0 Å². The number of hydrogen-bond acceptors (Lipinski definition) is 2. The van der Waals surface area contributed by atoms with Gasteiger partial charge >= 0.3 is 0 Å². The molecule has 0 aliphatic carbocycles. The molecule has 0 saturated heterocycles. The molecule has 52 valence electrons. The van der Waals surface area contributed by atoms with Gasteiger partial charge in [-0.3, -0.25) is 0 Å². The van der Waals surface area contributed by atoms with Crippen LogP contribution < -0.4 is 0 Å². The topological polar surface area (TPSA) is 51.8 Å². The Kier molecular flexibility index (Phi) is 4.67. The minimum Gasteiger partial charge on any atom is -0.364 e. The van der Waals surface area contributed by atoms with Gasteiger partial charge in [-0.15, -0.1) is 5.10 Å². The summed E-state index contributed by atoms with van der Waals surface area (Å²) in [7, 11) is 1.90. The highest BCUT2D eigenvalue weighted by Gasteiger charge is 1.84. The molecule has 0 aromatic carbocycles. The normalized spacial score (nSPS) is 10.0. The lowest BCUT2D eigenvalue weighted by atomic mass is 10.5. The molecule has 0 heterocycles. The zero-order valence-electron chi connectivity index (χ0n) is 5.83. The summed E-state index contributed by atoms with van der Waals surface area (Å²) in [5.41, 5.74) is 6.33. The maximum absolute atomic E-state index is 6.33. The Balaban J connectivity index is 3.35. The highest BCUT2D eigenvalue weighted by atomic mass is 15.3. The smallest absolute Gasteiger partial charge is 0.115 e. The van der Waals surface area contributed by atoms with Crippen molar-refractivity contribution < 1.29 is 0 Å². The molecule has 0 rings (SSSR count). The van der Waals surface area contributed by atoms with E-state index in [0.717, 1.165) is 13.0 Å². The van der Waals surface area contributed by atoms with Gasteiger partial charge in [-0.05, 0) is 6.42 Å². The summed E-state index contributed by atoms with van der Waals surface area (Å²) in [4.78, 5) is 1.89. The van der Waals surface area contributed by atoms with Crippen molar-refractivity contribution in [3.8, 4) is 0 Å². The van der Waals surface area contributed by atoms with Gasteiger partial charge in [0.2, 0.25) is 0 Å². The monoisotopic (exact) mass is 128 g/mol. The van der Waals surface area contributed by atoms with Gasteiger partial charge in [0.05, 0.1) is 0 Å². The Labute approximate surface area is 55.1 Å². The second-order valence-corrected chi connectivity index (χ2v) is 1.81. The molecule has 0 amide bonds. The third-order valence-electron chi connectivity index (χ3n) is 0.883. The summed E-state index contributed by atoms with van der Waals surface area (Å²) in [5.74, 6) is 0. The predicted octanol–water partition coefficient (Wildman–Crippen LogP) is 1.30. The summed E-state index contributed by atoms with van der Waals surface area (Å²) in [5, 5.41) is 6.22. The van der Waals surface area contributed by atoms with Crippen molar-refractivity contribution in [1.82, 2.24) is 4.90 Å². The van der Waals surface area contributed by atoms with E-state index in [1.54, 1.807) is 0 Å². The SMILES string of the molecule is CCCN(C)/C=N\N=N. The van der Waals surface area contributed by atoms with E-state index in [1.807, 2.05) is 11.9 Å². The molecule has 0 saturated carbocycles. The van der Waals surface area contributed by atoms with E-state index in [0.29, 0.717) is 0 Å². The van der Waals surface area contributed by atoms with Gasteiger partial charge in [0.25, 0.3) is 0 Å². The summed E-state index contributed by atoms with van der Waals surface area (Å²) in [6, 6.07) is 0. The molecule has 0 aromatic heterocycles. The molecule has 4 nitrogen and oxygen atoms in total. The molecule has 0 atom stereocenters. The molecule has 9 heavy (non-hydrogen) atoms. The van der Waals surface area contributed by atoms with Crippen molar-refractivity contribution in [2.45, 2.75) is 13.3 Å². The first-order chi connectivity index (χ1) is 4.31. The molecule has 0 spiro atoms. The number of rotatable bonds is 4. The molecule has 1 N–H and O–H groups in total. The number of nitrogens with zero attached hydrogens (tertiary/aromatic N) is 3. The molecule has 0 aliphatic rings. The first-order valence-electron chi connectivity index (χ1n) is 2.91. The van der Waals surface area contributed by atoms with Gasteiger partial charge in [-0.1, -0.05) is 12.1 Å². The van der Waals surface area contributed by atoms with Crippen LogP contribution in [0.3, 0.4) is 0 Å². The fourth-order valence-electron chi connectivity index (χ4n) is 0.524. The lowest BCUT2D eigenvalue weighted by Crippen LogP contribution is -2.16. The molecular formula is C5H12N4. The van der Waals surface area contributed by atoms with Gasteiger partial charge in [0.1, 0.15) is 6.34 Å². The summed E-state index contributed by atoms with van der Waals surface area (Å²) in [6.45, 7) is 3.04. The minimum atomic E-state index is 0.957. The van der Waals surface area contributed by atoms with E-state index in [4.69, 9.17) is 5.53 Å². The van der Waals surface area contributed by atoms with Gasteiger partial charge < -0.3 is 4.90 Å². The number of nitrogens with one attached hydrogen (secondary N) is 1. The highest BCUT2D eigenvalue weighted by molar-refractivity contribution is 5.53. The van der Waals surface area contributed by atoms with Crippen molar-refractivity contribution in [1.29, 1.82) is 5.53 Å². The van der Waals surface area contributed by atoms with E-state index in [1.165, 1.54) is 6.34 Å². The van der Waals surface area contributed by atoms with Gasteiger partial charge in [-0.2, -0.15) is 5.53 Å². The Morgan fingerprint density at radius 1 is 1.67 bits per heavy atom. The van der Waals surface area contributed by atoms with E-state index in [2.05, 4.69) is 17.2 Å². The van der Waals surface area contributed by atoms with Gasteiger partial charge in [0.15, 0.2) is 0 Å². The van der Waals surface area contributed by atoms with Crippen molar-refractivity contribution in [2.24, 2.45) is 10.3 Å². The van der Waals surface area contributed by atoms with Crippen molar-refractivity contribution in [3.05, 3.63) is 0 Å². The zero-order valence-corrected chi connectivity index (χ0v) is 5.83. The fraction of sp³-hybridized carbons (Fsp3) is 0.800. The lowest BCUT2D eigenvalue weighted by Gasteiger charge is -2.08. The summed E-state index contributed by atoms with van der Waals surface area (Å²) in [6.07, 6.45) is 2.62. The quantitative estimate of drug-likeness (QED) is 0.264. The largest absolute Gasteiger partial charge is 0.364 e. The highest BCUT2D eigenvalue weighted by Crippen LogP contribution is 1.80. The van der Waals surface area contributed by atoms with Crippen LogP contribution in [-0.4, -0.2) is 24.8 Å². The lowest BCUT2D eigenvalue weighted by molar-refractivity contribution is 0.513. The van der Waals surface area contributed by atoms with Crippen LogP contribution in [0.5, 0.6) is 0 Å². The van der Waals surface area contributed by atoms with Gasteiger partial charge in [-0.25, -0.2) is 0 Å². The molecule has 0 fully saturated rings. The van der Waals surface area contributed by atoms with Crippen LogP contribution in [0.2, 0.25) is 0 Å². The van der Waals surface area contributed by atoms with Gasteiger partial charge in [0, 0.05) is 13.6 Å². The number of hydrogen-bond donors (Lipinski definition) is 1. The Hall–Kier alpha value is -0.930. The van der Waals surface area contributed by atoms with Crippen LogP contribution in [0.25, 0.3) is 0 Å². The van der Waals surface area contributed by atoms with Crippen molar-refractivity contribution in [3.63, 3.8) is 0 Å². The summed E-state index contributed by atoms with van der Waals surface area (Å²) >= 11 is 0. The molecule has 0 aliphatic heterocycles. The summed E-state index contributed by atoms with van der Waals surface area (Å²) < 4.78 is 0. The first kappa shape index (κ1) is 8.07. The third-order valence-corrected chi connectivity index (χ3v) is 0.883. The predicted molar refractivity (Wildman–Crippen MR) is 36.6 cm³/mol. The maximum Gasteiger partial charge on any atom is 0.115 e.